The van der Waals surface area contributed by atoms with Crippen LogP contribution in [-0.4, -0.2) is 93.3 Å². The fraction of sp³-hybridized carbons (Fsp3) is 0.816. The zero-order valence-electron chi connectivity index (χ0n) is 32.3. The molecule has 1 saturated heterocycles. The summed E-state index contributed by atoms with van der Waals surface area (Å²) in [6, 6.07) is 7.57. The highest BCUT2D eigenvalue weighted by molar-refractivity contribution is 6.74. The van der Waals surface area contributed by atoms with Crippen molar-refractivity contribution in [2.45, 2.75) is 148 Å². The molecule has 1 aromatic carbocycles. The molecule has 3 aliphatic rings. The average Bonchev–Trinajstić information content (AvgIpc) is 3.46. The molecule has 280 valence electrons. The number of aliphatic hydroxyl groups is 2. The van der Waals surface area contributed by atoms with E-state index in [1.165, 1.54) is 0 Å². The van der Waals surface area contributed by atoms with Crippen LogP contribution in [0.3, 0.4) is 0 Å². The summed E-state index contributed by atoms with van der Waals surface area (Å²) in [7, 11) is 0.689. The SMILES string of the molecule is COCO[C@H]1C(=O)[C@H](C)[C@@H]([C@@]2(C(OCc3ccc(OC)cc3)C(C)O)COC(C)(C)O2)C[C@H](O[Si](C)(C)C(C)(C)C)C2(O)CCC1C2(C)C. The molecule has 0 radical (unpaired) electrons. The van der Waals surface area contributed by atoms with Gasteiger partial charge in [0, 0.05) is 30.3 Å². The van der Waals surface area contributed by atoms with E-state index in [-0.39, 0.29) is 43.2 Å². The Bertz CT molecular complexity index is 1270. The first-order valence-corrected chi connectivity index (χ1v) is 20.8. The van der Waals surface area contributed by atoms with E-state index in [1.54, 1.807) is 21.1 Å². The number of methoxy groups -OCH3 is 2. The van der Waals surface area contributed by atoms with Crippen LogP contribution in [0.25, 0.3) is 0 Å². The lowest BCUT2D eigenvalue weighted by Gasteiger charge is -2.52. The van der Waals surface area contributed by atoms with Gasteiger partial charge in [-0.25, -0.2) is 0 Å². The highest BCUT2D eigenvalue weighted by Gasteiger charge is 2.67. The Kier molecular flexibility index (Phi) is 12.0. The Morgan fingerprint density at radius 2 is 1.69 bits per heavy atom. The third kappa shape index (κ3) is 7.71. The lowest BCUT2D eigenvalue weighted by Crippen LogP contribution is -2.62. The molecule has 2 bridgehead atoms. The van der Waals surface area contributed by atoms with Gasteiger partial charge in [-0.2, -0.15) is 0 Å². The molecule has 0 amide bonds. The smallest absolute Gasteiger partial charge is 0.192 e. The van der Waals surface area contributed by atoms with Gasteiger partial charge in [-0.3, -0.25) is 4.79 Å². The van der Waals surface area contributed by atoms with E-state index < -0.39 is 67.0 Å². The number of aliphatic hydroxyl groups excluding tert-OH is 1. The summed E-state index contributed by atoms with van der Waals surface area (Å²) < 4.78 is 44.1. The van der Waals surface area contributed by atoms with Crippen LogP contribution in [-0.2, 0) is 39.5 Å². The molecule has 2 N–H and O–H groups in total. The summed E-state index contributed by atoms with van der Waals surface area (Å²) in [5.41, 5.74) is -2.43. The van der Waals surface area contributed by atoms with Crippen LogP contribution in [0.2, 0.25) is 18.1 Å². The second kappa shape index (κ2) is 14.5. The number of rotatable bonds is 12. The standard InChI is InChI=1S/C38H64O10Si/c1-24-29(37(22-46-36(8,9)48-37)33(25(2)39)44-21-26-14-16-27(43-11)17-15-26)20-30(47-49(12,13)34(3,4)5)38(41)19-18-28(35(38,6)7)32(31(24)40)45-23-42-10/h14-17,24-25,28-30,32-33,39,41H,18-23H2,1-13H3/t24-,25?,28?,29+,30+,32-,33?,37-,38?/m1/s1. The summed E-state index contributed by atoms with van der Waals surface area (Å²) in [4.78, 5) is 14.9. The van der Waals surface area contributed by atoms with E-state index in [9.17, 15) is 15.0 Å². The summed E-state index contributed by atoms with van der Waals surface area (Å²) in [6.45, 7) is 22.5. The first kappa shape index (κ1) is 40.4. The molecule has 10 nitrogen and oxygen atoms in total. The molecule has 3 fully saturated rings. The van der Waals surface area contributed by atoms with Gasteiger partial charge in [-0.15, -0.1) is 0 Å². The van der Waals surface area contributed by atoms with Crippen molar-refractivity contribution in [3.05, 3.63) is 29.8 Å². The Balaban J connectivity index is 1.90. The number of ether oxygens (including phenoxy) is 6. The molecular formula is C38H64O10Si. The second-order valence-electron chi connectivity index (χ2n) is 17.3. The van der Waals surface area contributed by atoms with Crippen LogP contribution in [0, 0.1) is 23.2 Å². The molecule has 4 unspecified atom stereocenters. The van der Waals surface area contributed by atoms with E-state index in [0.717, 1.165) is 11.3 Å². The molecule has 2 aliphatic carbocycles. The number of fused-ring (bicyclic) bond motifs is 2. The Morgan fingerprint density at radius 1 is 1.06 bits per heavy atom. The van der Waals surface area contributed by atoms with Gasteiger partial charge < -0.3 is 43.1 Å². The lowest BCUT2D eigenvalue weighted by atomic mass is 9.66. The molecule has 1 aliphatic heterocycles. The molecule has 1 aromatic rings. The first-order chi connectivity index (χ1) is 22.6. The van der Waals surface area contributed by atoms with Crippen LogP contribution < -0.4 is 4.74 Å². The van der Waals surface area contributed by atoms with Crippen molar-refractivity contribution in [3.63, 3.8) is 0 Å². The number of carbonyl (C=O) groups excluding carboxylic acids is 1. The lowest BCUT2D eigenvalue weighted by molar-refractivity contribution is -0.238. The van der Waals surface area contributed by atoms with Crippen LogP contribution >= 0.6 is 0 Å². The minimum atomic E-state index is -2.47. The van der Waals surface area contributed by atoms with Crippen LogP contribution in [0.4, 0.5) is 0 Å². The second-order valence-corrected chi connectivity index (χ2v) is 22.0. The molecule has 0 spiro atoms. The van der Waals surface area contributed by atoms with Crippen LogP contribution in [0.5, 0.6) is 5.75 Å². The van der Waals surface area contributed by atoms with Crippen molar-refractivity contribution in [2.75, 3.05) is 27.6 Å². The highest BCUT2D eigenvalue weighted by Crippen LogP contribution is 2.59. The van der Waals surface area contributed by atoms with Gasteiger partial charge in [0.05, 0.1) is 38.1 Å². The van der Waals surface area contributed by atoms with Crippen LogP contribution in [0.15, 0.2) is 24.3 Å². The highest BCUT2D eigenvalue weighted by atomic mass is 28.4. The average molecular weight is 709 g/mol. The normalized spacial score (nSPS) is 34.6. The number of ketones is 1. The quantitative estimate of drug-likeness (QED) is 0.190. The Hall–Kier alpha value is -1.41. The monoisotopic (exact) mass is 708 g/mol. The molecule has 11 heteroatoms. The number of benzene rings is 1. The summed E-state index contributed by atoms with van der Waals surface area (Å²) in [5, 5.41) is 24.4. The molecule has 9 atom stereocenters. The Labute approximate surface area is 295 Å². The van der Waals surface area contributed by atoms with Gasteiger partial charge in [0.1, 0.15) is 30.4 Å². The molecule has 4 rings (SSSR count). The first-order valence-electron chi connectivity index (χ1n) is 17.9. The van der Waals surface area contributed by atoms with Gasteiger partial charge in [-0.1, -0.05) is 53.7 Å². The van der Waals surface area contributed by atoms with Gasteiger partial charge in [0.2, 0.25) is 0 Å². The van der Waals surface area contributed by atoms with Crippen molar-refractivity contribution in [1.29, 1.82) is 0 Å². The van der Waals surface area contributed by atoms with Crippen molar-refractivity contribution < 1.29 is 47.9 Å². The van der Waals surface area contributed by atoms with E-state index >= 15 is 0 Å². The predicted octanol–water partition coefficient (Wildman–Crippen LogP) is 6.25. The minimum Gasteiger partial charge on any atom is -0.497 e. The zero-order valence-corrected chi connectivity index (χ0v) is 33.3. The Morgan fingerprint density at radius 3 is 2.20 bits per heavy atom. The predicted molar refractivity (Wildman–Crippen MR) is 190 cm³/mol. The van der Waals surface area contributed by atoms with E-state index in [0.29, 0.717) is 12.8 Å². The molecular weight excluding hydrogens is 644 g/mol. The van der Waals surface area contributed by atoms with Gasteiger partial charge in [0.15, 0.2) is 19.9 Å². The largest absolute Gasteiger partial charge is 0.497 e. The fourth-order valence-corrected chi connectivity index (χ4v) is 9.70. The summed E-state index contributed by atoms with van der Waals surface area (Å²) in [5.74, 6) is -1.92. The van der Waals surface area contributed by atoms with E-state index in [1.807, 2.05) is 58.9 Å². The van der Waals surface area contributed by atoms with Crippen molar-refractivity contribution >= 4 is 14.1 Å². The van der Waals surface area contributed by atoms with Gasteiger partial charge >= 0.3 is 0 Å². The van der Waals surface area contributed by atoms with Crippen molar-refractivity contribution in [3.8, 4) is 5.75 Å². The fourth-order valence-electron chi connectivity index (χ4n) is 8.34. The van der Waals surface area contributed by atoms with E-state index in [4.69, 9.17) is 32.8 Å². The topological polar surface area (TPSA) is 122 Å². The van der Waals surface area contributed by atoms with Gasteiger partial charge in [0.25, 0.3) is 0 Å². The summed E-state index contributed by atoms with van der Waals surface area (Å²) >= 11 is 0. The zero-order chi connectivity index (χ0) is 36.8. The maximum atomic E-state index is 14.9. The maximum absolute atomic E-state index is 14.9. The minimum absolute atomic E-state index is 0.0538. The molecule has 49 heavy (non-hydrogen) atoms. The van der Waals surface area contributed by atoms with Crippen molar-refractivity contribution in [1.82, 2.24) is 0 Å². The number of hydrogen-bond donors (Lipinski definition) is 2. The van der Waals surface area contributed by atoms with Crippen molar-refractivity contribution in [2.24, 2.45) is 23.2 Å². The van der Waals surface area contributed by atoms with E-state index in [2.05, 4.69) is 33.9 Å². The molecule has 0 aromatic heterocycles. The summed E-state index contributed by atoms with van der Waals surface area (Å²) in [6.07, 6.45) is -2.02. The number of hydrogen-bond acceptors (Lipinski definition) is 10. The third-order valence-corrected chi connectivity index (χ3v) is 16.9. The van der Waals surface area contributed by atoms with Crippen LogP contribution in [0.1, 0.15) is 87.1 Å². The third-order valence-electron chi connectivity index (χ3n) is 12.4. The molecule has 1 heterocycles. The van der Waals surface area contributed by atoms with Gasteiger partial charge in [-0.05, 0) is 75.9 Å². The number of carbonyl (C=O) groups is 1. The number of Topliss-reactive ketones (excluding diaryl/α,β-unsaturated/α-hetero) is 1. The molecule has 2 saturated carbocycles. The maximum Gasteiger partial charge on any atom is 0.192 e.